The standard InChI is InChI=1S/C15H20O3/c1-3-17-14-10-9-13(8-6-5-7-11-16)12-15(14)18-4-2/h9-10,12,16H,3-5,7,11H2,1-2H3. The van der Waals surface area contributed by atoms with Crippen LogP contribution in [0.2, 0.25) is 0 Å². The summed E-state index contributed by atoms with van der Waals surface area (Å²) >= 11 is 0. The second-order valence-electron chi connectivity index (χ2n) is 3.66. The molecule has 98 valence electrons. The van der Waals surface area contributed by atoms with Crippen molar-refractivity contribution >= 4 is 0 Å². The van der Waals surface area contributed by atoms with Gasteiger partial charge in [0.25, 0.3) is 0 Å². The highest BCUT2D eigenvalue weighted by Gasteiger charge is 2.04. The van der Waals surface area contributed by atoms with Crippen LogP contribution in [0.5, 0.6) is 11.5 Å². The molecule has 1 aromatic rings. The molecule has 0 aliphatic rings. The zero-order valence-corrected chi connectivity index (χ0v) is 11.0. The van der Waals surface area contributed by atoms with Crippen LogP contribution in [0.4, 0.5) is 0 Å². The third-order valence-corrected chi connectivity index (χ3v) is 2.24. The Hall–Kier alpha value is -1.66. The van der Waals surface area contributed by atoms with E-state index in [4.69, 9.17) is 14.6 Å². The maximum Gasteiger partial charge on any atom is 0.162 e. The van der Waals surface area contributed by atoms with Gasteiger partial charge in [-0.2, -0.15) is 0 Å². The monoisotopic (exact) mass is 248 g/mol. The Balaban J connectivity index is 2.80. The number of hydrogen-bond acceptors (Lipinski definition) is 3. The third kappa shape index (κ3) is 4.68. The van der Waals surface area contributed by atoms with Crippen LogP contribution >= 0.6 is 0 Å². The van der Waals surface area contributed by atoms with Crippen LogP contribution in [0, 0.1) is 11.8 Å². The molecule has 0 radical (unpaired) electrons. The predicted octanol–water partition coefficient (Wildman–Crippen LogP) is 2.61. The fraction of sp³-hybridized carbons (Fsp3) is 0.467. The van der Waals surface area contributed by atoms with Crippen LogP contribution in [-0.2, 0) is 0 Å². The molecule has 0 spiro atoms. The highest BCUT2D eigenvalue weighted by molar-refractivity contribution is 5.48. The van der Waals surface area contributed by atoms with Crippen molar-refractivity contribution < 1.29 is 14.6 Å². The predicted molar refractivity (Wildman–Crippen MR) is 72.0 cm³/mol. The number of ether oxygens (including phenoxy) is 2. The fourth-order valence-corrected chi connectivity index (χ4v) is 1.46. The van der Waals surface area contributed by atoms with Crippen molar-refractivity contribution in [3.63, 3.8) is 0 Å². The van der Waals surface area contributed by atoms with E-state index in [1.807, 2.05) is 32.0 Å². The quantitative estimate of drug-likeness (QED) is 0.621. The summed E-state index contributed by atoms with van der Waals surface area (Å²) in [6.45, 7) is 5.28. The molecule has 0 bridgehead atoms. The molecule has 0 aromatic heterocycles. The maximum absolute atomic E-state index is 8.67. The first kappa shape index (κ1) is 14.4. The van der Waals surface area contributed by atoms with Crippen LogP contribution in [-0.4, -0.2) is 24.9 Å². The van der Waals surface area contributed by atoms with Crippen molar-refractivity contribution in [1.29, 1.82) is 0 Å². The molecular weight excluding hydrogens is 228 g/mol. The normalized spacial score (nSPS) is 9.50. The van der Waals surface area contributed by atoms with Gasteiger partial charge in [-0.3, -0.25) is 0 Å². The molecule has 3 heteroatoms. The summed E-state index contributed by atoms with van der Waals surface area (Å²) in [4.78, 5) is 0. The zero-order valence-electron chi connectivity index (χ0n) is 11.0. The van der Waals surface area contributed by atoms with E-state index < -0.39 is 0 Å². The lowest BCUT2D eigenvalue weighted by atomic mass is 10.2. The maximum atomic E-state index is 8.67. The molecule has 1 aromatic carbocycles. The molecule has 0 saturated heterocycles. The molecule has 0 unspecified atom stereocenters. The van der Waals surface area contributed by atoms with Crippen LogP contribution in [0.1, 0.15) is 32.3 Å². The van der Waals surface area contributed by atoms with Crippen LogP contribution in [0.3, 0.4) is 0 Å². The third-order valence-electron chi connectivity index (χ3n) is 2.24. The van der Waals surface area contributed by atoms with E-state index in [-0.39, 0.29) is 6.61 Å². The fourth-order valence-electron chi connectivity index (χ4n) is 1.46. The summed E-state index contributed by atoms with van der Waals surface area (Å²) in [5, 5.41) is 8.67. The Bertz CT molecular complexity index is 415. The molecule has 3 nitrogen and oxygen atoms in total. The number of hydrogen-bond donors (Lipinski definition) is 1. The van der Waals surface area contributed by atoms with Crippen LogP contribution in [0.25, 0.3) is 0 Å². The number of rotatable bonds is 6. The van der Waals surface area contributed by atoms with Crippen molar-refractivity contribution in [2.24, 2.45) is 0 Å². The smallest absolute Gasteiger partial charge is 0.162 e. The lowest BCUT2D eigenvalue weighted by molar-refractivity contribution is 0.287. The molecule has 0 fully saturated rings. The van der Waals surface area contributed by atoms with Crippen molar-refractivity contribution in [1.82, 2.24) is 0 Å². The van der Waals surface area contributed by atoms with Gasteiger partial charge in [0.15, 0.2) is 11.5 Å². The Morgan fingerprint density at radius 3 is 2.50 bits per heavy atom. The first-order valence-electron chi connectivity index (χ1n) is 6.31. The summed E-state index contributed by atoms with van der Waals surface area (Å²) in [5.74, 6) is 7.55. The first-order valence-corrected chi connectivity index (χ1v) is 6.31. The van der Waals surface area contributed by atoms with Gasteiger partial charge in [0, 0.05) is 18.6 Å². The molecule has 18 heavy (non-hydrogen) atoms. The average molecular weight is 248 g/mol. The summed E-state index contributed by atoms with van der Waals surface area (Å²) in [5.41, 5.74) is 0.903. The van der Waals surface area contributed by atoms with Crippen molar-refractivity contribution in [3.05, 3.63) is 23.8 Å². The summed E-state index contributed by atoms with van der Waals surface area (Å²) in [6.07, 6.45) is 1.41. The lowest BCUT2D eigenvalue weighted by Gasteiger charge is -2.10. The Kier molecular flexibility index (Phi) is 6.75. The molecule has 0 aliphatic carbocycles. The molecular formula is C15H20O3. The van der Waals surface area contributed by atoms with E-state index in [2.05, 4.69) is 11.8 Å². The van der Waals surface area contributed by atoms with E-state index in [1.54, 1.807) is 0 Å². The molecule has 0 atom stereocenters. The topological polar surface area (TPSA) is 38.7 Å². The van der Waals surface area contributed by atoms with Gasteiger partial charge in [-0.25, -0.2) is 0 Å². The van der Waals surface area contributed by atoms with Gasteiger partial charge < -0.3 is 14.6 Å². The highest BCUT2D eigenvalue weighted by Crippen LogP contribution is 2.28. The molecule has 0 heterocycles. The molecule has 1 N–H and O–H groups in total. The van der Waals surface area contributed by atoms with Crippen molar-refractivity contribution in [3.8, 4) is 23.3 Å². The van der Waals surface area contributed by atoms with Gasteiger partial charge in [-0.1, -0.05) is 11.8 Å². The Morgan fingerprint density at radius 2 is 1.83 bits per heavy atom. The van der Waals surface area contributed by atoms with E-state index in [0.29, 0.717) is 26.1 Å². The summed E-state index contributed by atoms with van der Waals surface area (Å²) in [6, 6.07) is 5.68. The average Bonchev–Trinajstić information content (AvgIpc) is 2.38. The van der Waals surface area contributed by atoms with Crippen molar-refractivity contribution in [2.75, 3.05) is 19.8 Å². The summed E-state index contributed by atoms with van der Waals surface area (Å²) < 4.78 is 11.0. The van der Waals surface area contributed by atoms with Gasteiger partial charge in [0.05, 0.1) is 13.2 Å². The minimum absolute atomic E-state index is 0.183. The van der Waals surface area contributed by atoms with Crippen molar-refractivity contribution in [2.45, 2.75) is 26.7 Å². The Morgan fingerprint density at radius 1 is 1.11 bits per heavy atom. The first-order chi connectivity index (χ1) is 8.81. The lowest BCUT2D eigenvalue weighted by Crippen LogP contribution is -1.98. The molecule has 1 rings (SSSR count). The van der Waals surface area contributed by atoms with E-state index in [9.17, 15) is 0 Å². The van der Waals surface area contributed by atoms with Gasteiger partial charge in [0.1, 0.15) is 0 Å². The largest absolute Gasteiger partial charge is 0.490 e. The van der Waals surface area contributed by atoms with Gasteiger partial charge in [-0.15, -0.1) is 0 Å². The summed E-state index contributed by atoms with van der Waals surface area (Å²) in [7, 11) is 0. The van der Waals surface area contributed by atoms with E-state index in [1.165, 1.54) is 0 Å². The highest BCUT2D eigenvalue weighted by atomic mass is 16.5. The van der Waals surface area contributed by atoms with Gasteiger partial charge in [-0.05, 0) is 38.5 Å². The second kappa shape index (κ2) is 8.43. The molecule has 0 aliphatic heterocycles. The van der Waals surface area contributed by atoms with Crippen LogP contribution < -0.4 is 9.47 Å². The minimum Gasteiger partial charge on any atom is -0.490 e. The van der Waals surface area contributed by atoms with E-state index in [0.717, 1.165) is 17.1 Å². The zero-order chi connectivity index (χ0) is 13.2. The van der Waals surface area contributed by atoms with Crippen LogP contribution in [0.15, 0.2) is 18.2 Å². The number of aliphatic hydroxyl groups is 1. The number of aliphatic hydroxyl groups excluding tert-OH is 1. The second-order valence-corrected chi connectivity index (χ2v) is 3.66. The molecule has 0 saturated carbocycles. The van der Waals surface area contributed by atoms with Gasteiger partial charge in [0.2, 0.25) is 0 Å². The Labute approximate surface area is 109 Å². The number of benzene rings is 1. The number of unbranched alkanes of at least 4 members (excludes halogenated alkanes) is 1. The minimum atomic E-state index is 0.183. The van der Waals surface area contributed by atoms with E-state index >= 15 is 0 Å². The van der Waals surface area contributed by atoms with Gasteiger partial charge >= 0.3 is 0 Å². The SMILES string of the molecule is CCOc1ccc(C#CCCCO)cc1OCC. The molecule has 0 amide bonds.